The summed E-state index contributed by atoms with van der Waals surface area (Å²) in [5, 5.41) is 11.5. The summed E-state index contributed by atoms with van der Waals surface area (Å²) >= 11 is 0. The summed E-state index contributed by atoms with van der Waals surface area (Å²) in [6.07, 6.45) is 0. The maximum Gasteiger partial charge on any atom is 0.255 e. The van der Waals surface area contributed by atoms with Gasteiger partial charge in [-0.2, -0.15) is 5.26 Å². The predicted molar refractivity (Wildman–Crippen MR) is 74.6 cm³/mol. The third kappa shape index (κ3) is 2.82. The number of carbonyl (C=O) groups excluding carboxylic acids is 1. The molecule has 0 radical (unpaired) electrons. The molecule has 0 aliphatic carbocycles. The minimum absolute atomic E-state index is 0.218. The van der Waals surface area contributed by atoms with E-state index in [1.165, 1.54) is 6.07 Å². The molecule has 0 saturated heterocycles. The summed E-state index contributed by atoms with van der Waals surface area (Å²) in [6, 6.07) is 8.57. The van der Waals surface area contributed by atoms with Gasteiger partial charge < -0.3 is 11.1 Å². The Kier molecular flexibility index (Phi) is 3.85. The molecular weight excluding hydrogens is 276 g/mol. The van der Waals surface area contributed by atoms with Gasteiger partial charge >= 0.3 is 0 Å². The minimum Gasteiger partial charge on any atom is -0.394 e. The Bertz CT molecular complexity index is 743. The van der Waals surface area contributed by atoms with Crippen LogP contribution < -0.4 is 11.1 Å². The van der Waals surface area contributed by atoms with Crippen molar-refractivity contribution in [2.45, 2.75) is 6.92 Å². The molecule has 0 aromatic heterocycles. The first kappa shape index (κ1) is 14.5. The number of amides is 1. The summed E-state index contributed by atoms with van der Waals surface area (Å²) in [5.41, 5.74) is 5.54. The van der Waals surface area contributed by atoms with Crippen LogP contribution in [0, 0.1) is 29.9 Å². The third-order valence-electron chi connectivity index (χ3n) is 2.97. The molecule has 0 atom stereocenters. The molecule has 106 valence electrons. The summed E-state index contributed by atoms with van der Waals surface area (Å²) in [6.45, 7) is 1.72. The third-order valence-corrected chi connectivity index (χ3v) is 2.97. The lowest BCUT2D eigenvalue weighted by molar-refractivity contribution is 0.102. The number of aryl methyl sites for hydroxylation is 1. The zero-order valence-electron chi connectivity index (χ0n) is 11.1. The SMILES string of the molecule is Cc1cccc(NC(=O)c2cc(F)c(N)c(F)c2)c1C#N. The molecule has 2 rings (SSSR count). The fraction of sp³-hybridized carbons (Fsp3) is 0.0667. The Morgan fingerprint density at radius 3 is 2.48 bits per heavy atom. The smallest absolute Gasteiger partial charge is 0.255 e. The largest absolute Gasteiger partial charge is 0.394 e. The number of carbonyl (C=O) groups is 1. The normalized spacial score (nSPS) is 10.0. The number of nitrogens with one attached hydrogen (secondary N) is 1. The average Bonchev–Trinajstić information content (AvgIpc) is 2.44. The fourth-order valence-corrected chi connectivity index (χ4v) is 1.83. The molecular formula is C15H11F2N3O. The van der Waals surface area contributed by atoms with E-state index in [9.17, 15) is 13.6 Å². The molecule has 21 heavy (non-hydrogen) atoms. The van der Waals surface area contributed by atoms with Crippen molar-refractivity contribution in [3.63, 3.8) is 0 Å². The monoisotopic (exact) mass is 287 g/mol. The number of nitriles is 1. The van der Waals surface area contributed by atoms with Gasteiger partial charge in [-0.25, -0.2) is 8.78 Å². The van der Waals surface area contributed by atoms with Crippen LogP contribution in [0.5, 0.6) is 0 Å². The standard InChI is InChI=1S/C15H11F2N3O/c1-8-3-2-4-13(10(8)7-18)20-15(21)9-5-11(16)14(19)12(17)6-9/h2-6H,19H2,1H3,(H,20,21). The molecule has 0 saturated carbocycles. The van der Waals surface area contributed by atoms with E-state index in [0.29, 0.717) is 11.1 Å². The van der Waals surface area contributed by atoms with Gasteiger partial charge in [-0.3, -0.25) is 4.79 Å². The Morgan fingerprint density at radius 2 is 1.90 bits per heavy atom. The van der Waals surface area contributed by atoms with E-state index in [-0.39, 0.29) is 11.3 Å². The fourth-order valence-electron chi connectivity index (χ4n) is 1.83. The Labute approximate surface area is 119 Å². The van der Waals surface area contributed by atoms with Gasteiger partial charge in [0.1, 0.15) is 23.4 Å². The van der Waals surface area contributed by atoms with Gasteiger partial charge in [-0.05, 0) is 30.7 Å². The molecule has 0 fully saturated rings. The number of anilines is 2. The van der Waals surface area contributed by atoms with Gasteiger partial charge in [0.05, 0.1) is 11.3 Å². The van der Waals surface area contributed by atoms with Crippen molar-refractivity contribution < 1.29 is 13.6 Å². The lowest BCUT2D eigenvalue weighted by Gasteiger charge is -2.09. The second-order valence-electron chi connectivity index (χ2n) is 4.42. The summed E-state index contributed by atoms with van der Waals surface area (Å²) in [5.74, 6) is -2.75. The van der Waals surface area contributed by atoms with E-state index in [2.05, 4.69) is 5.32 Å². The first-order chi connectivity index (χ1) is 9.93. The van der Waals surface area contributed by atoms with Gasteiger partial charge in [0, 0.05) is 5.56 Å². The van der Waals surface area contributed by atoms with Gasteiger partial charge in [0.25, 0.3) is 5.91 Å². The van der Waals surface area contributed by atoms with Crippen LogP contribution in [0.25, 0.3) is 0 Å². The highest BCUT2D eigenvalue weighted by Crippen LogP contribution is 2.21. The van der Waals surface area contributed by atoms with Crippen molar-refractivity contribution in [1.29, 1.82) is 5.26 Å². The molecule has 2 aromatic rings. The zero-order chi connectivity index (χ0) is 15.6. The average molecular weight is 287 g/mol. The predicted octanol–water partition coefficient (Wildman–Crippen LogP) is 2.98. The van der Waals surface area contributed by atoms with Crippen molar-refractivity contribution in [2.75, 3.05) is 11.1 Å². The lowest BCUT2D eigenvalue weighted by Crippen LogP contribution is -2.14. The number of rotatable bonds is 2. The summed E-state index contributed by atoms with van der Waals surface area (Å²) < 4.78 is 26.7. The number of halogens is 2. The highest BCUT2D eigenvalue weighted by atomic mass is 19.1. The maximum atomic E-state index is 13.4. The van der Waals surface area contributed by atoms with Crippen molar-refractivity contribution in [3.8, 4) is 6.07 Å². The molecule has 0 aliphatic rings. The van der Waals surface area contributed by atoms with Crippen LogP contribution in [0.15, 0.2) is 30.3 Å². The van der Waals surface area contributed by atoms with Gasteiger partial charge in [0.2, 0.25) is 0 Å². The van der Waals surface area contributed by atoms with E-state index < -0.39 is 23.2 Å². The molecule has 3 N–H and O–H groups in total. The van der Waals surface area contributed by atoms with Crippen LogP contribution in [-0.4, -0.2) is 5.91 Å². The van der Waals surface area contributed by atoms with Gasteiger partial charge in [-0.1, -0.05) is 12.1 Å². The van der Waals surface area contributed by atoms with Gasteiger partial charge in [0.15, 0.2) is 0 Å². The van der Waals surface area contributed by atoms with Crippen molar-refractivity contribution in [3.05, 3.63) is 58.7 Å². The van der Waals surface area contributed by atoms with Gasteiger partial charge in [-0.15, -0.1) is 0 Å². The van der Waals surface area contributed by atoms with Crippen LogP contribution in [0.2, 0.25) is 0 Å². The second kappa shape index (κ2) is 5.59. The number of benzene rings is 2. The van der Waals surface area contributed by atoms with Crippen LogP contribution in [0.4, 0.5) is 20.2 Å². The van der Waals surface area contributed by atoms with E-state index in [0.717, 1.165) is 12.1 Å². The van der Waals surface area contributed by atoms with Crippen molar-refractivity contribution >= 4 is 17.3 Å². The Balaban J connectivity index is 2.36. The number of nitrogens with zero attached hydrogens (tertiary/aromatic N) is 1. The number of nitrogen functional groups attached to an aromatic ring is 1. The molecule has 0 spiro atoms. The van der Waals surface area contributed by atoms with E-state index in [4.69, 9.17) is 11.0 Å². The number of nitrogens with two attached hydrogens (primary N) is 1. The van der Waals surface area contributed by atoms with Crippen LogP contribution in [0.1, 0.15) is 21.5 Å². The van der Waals surface area contributed by atoms with Crippen LogP contribution >= 0.6 is 0 Å². The first-order valence-corrected chi connectivity index (χ1v) is 5.99. The summed E-state index contributed by atoms with van der Waals surface area (Å²) in [4.78, 5) is 12.0. The van der Waals surface area contributed by atoms with Crippen LogP contribution in [0.3, 0.4) is 0 Å². The molecule has 0 aliphatic heterocycles. The van der Waals surface area contributed by atoms with E-state index >= 15 is 0 Å². The Hall–Kier alpha value is -2.94. The second-order valence-corrected chi connectivity index (χ2v) is 4.42. The van der Waals surface area contributed by atoms with Crippen molar-refractivity contribution in [2.24, 2.45) is 0 Å². The first-order valence-electron chi connectivity index (χ1n) is 5.99. The number of hydrogen-bond acceptors (Lipinski definition) is 3. The van der Waals surface area contributed by atoms with E-state index in [1.54, 1.807) is 19.1 Å². The highest BCUT2D eigenvalue weighted by molar-refractivity contribution is 6.05. The summed E-state index contributed by atoms with van der Waals surface area (Å²) in [7, 11) is 0. The zero-order valence-corrected chi connectivity index (χ0v) is 11.1. The topological polar surface area (TPSA) is 78.9 Å². The quantitative estimate of drug-likeness (QED) is 0.833. The highest BCUT2D eigenvalue weighted by Gasteiger charge is 2.15. The molecule has 2 aromatic carbocycles. The van der Waals surface area contributed by atoms with Crippen molar-refractivity contribution in [1.82, 2.24) is 0 Å². The molecule has 1 amide bonds. The number of hydrogen-bond donors (Lipinski definition) is 2. The molecule has 6 heteroatoms. The maximum absolute atomic E-state index is 13.4. The van der Waals surface area contributed by atoms with Crippen LogP contribution in [-0.2, 0) is 0 Å². The van der Waals surface area contributed by atoms with E-state index in [1.807, 2.05) is 6.07 Å². The molecule has 0 unspecified atom stereocenters. The molecule has 0 heterocycles. The molecule has 0 bridgehead atoms. The Morgan fingerprint density at radius 1 is 1.29 bits per heavy atom. The minimum atomic E-state index is -1.01. The molecule has 4 nitrogen and oxygen atoms in total. The lowest BCUT2D eigenvalue weighted by atomic mass is 10.1.